The number of aromatic nitrogens is 1. The van der Waals surface area contributed by atoms with E-state index in [1.807, 2.05) is 0 Å². The van der Waals surface area contributed by atoms with E-state index >= 15 is 0 Å². The van der Waals surface area contributed by atoms with E-state index in [4.69, 9.17) is 28.9 Å². The molecule has 18 heavy (non-hydrogen) atoms. The molecule has 0 fully saturated rings. The van der Waals surface area contributed by atoms with E-state index in [1.165, 1.54) is 12.3 Å². The van der Waals surface area contributed by atoms with Crippen LogP contribution in [0, 0.1) is 0 Å². The average Bonchev–Trinajstić information content (AvgIpc) is 2.33. The van der Waals surface area contributed by atoms with Gasteiger partial charge in [-0.2, -0.15) is 0 Å². The molecule has 0 bridgehead atoms. The summed E-state index contributed by atoms with van der Waals surface area (Å²) in [5.74, 6) is -0.362. The van der Waals surface area contributed by atoms with Crippen molar-refractivity contribution in [2.45, 2.75) is 0 Å². The summed E-state index contributed by atoms with van der Waals surface area (Å²) in [7, 11) is 0. The maximum Gasteiger partial charge on any atom is 0.274 e. The Balaban J connectivity index is 2.18. The molecule has 1 heterocycles. The van der Waals surface area contributed by atoms with Gasteiger partial charge in [-0.05, 0) is 30.3 Å². The molecule has 0 saturated heterocycles. The highest BCUT2D eigenvalue weighted by atomic mass is 35.5. The fraction of sp³-hybridized carbons (Fsp3) is 0. The van der Waals surface area contributed by atoms with Gasteiger partial charge in [-0.25, -0.2) is 4.98 Å². The highest BCUT2D eigenvalue weighted by Gasteiger charge is 2.09. The van der Waals surface area contributed by atoms with Crippen molar-refractivity contribution in [1.29, 1.82) is 0 Å². The number of pyridine rings is 1. The molecule has 0 aliphatic rings. The van der Waals surface area contributed by atoms with Gasteiger partial charge in [-0.3, -0.25) is 4.79 Å². The second-order valence-electron chi connectivity index (χ2n) is 3.56. The van der Waals surface area contributed by atoms with Crippen molar-refractivity contribution in [1.82, 2.24) is 4.98 Å². The first-order valence-corrected chi connectivity index (χ1v) is 5.80. The minimum Gasteiger partial charge on any atom is -0.397 e. The average molecular weight is 282 g/mol. The number of nitrogen functional groups attached to an aromatic ring is 1. The van der Waals surface area contributed by atoms with Crippen molar-refractivity contribution < 1.29 is 4.79 Å². The van der Waals surface area contributed by atoms with Crippen LogP contribution in [0.2, 0.25) is 10.0 Å². The van der Waals surface area contributed by atoms with E-state index in [1.54, 1.807) is 24.3 Å². The Morgan fingerprint density at radius 3 is 2.61 bits per heavy atom. The normalized spacial score (nSPS) is 10.1. The van der Waals surface area contributed by atoms with Crippen LogP contribution in [-0.4, -0.2) is 10.9 Å². The van der Waals surface area contributed by atoms with Crippen LogP contribution in [0.5, 0.6) is 0 Å². The number of anilines is 2. The van der Waals surface area contributed by atoms with Crippen LogP contribution >= 0.6 is 23.2 Å². The quantitative estimate of drug-likeness (QED) is 0.888. The highest BCUT2D eigenvalue weighted by molar-refractivity contribution is 6.36. The standard InChI is InChI=1S/C12H9Cl2N3O/c13-7-1-3-10(9(14)5-7)17-12(18)11-4-2-8(15)6-16-11/h1-6H,15H2,(H,17,18). The minimum atomic E-state index is -0.362. The molecule has 92 valence electrons. The molecule has 4 nitrogen and oxygen atoms in total. The number of benzene rings is 1. The fourth-order valence-electron chi connectivity index (χ4n) is 1.32. The van der Waals surface area contributed by atoms with Crippen LogP contribution in [0.1, 0.15) is 10.5 Å². The molecular formula is C12H9Cl2N3O. The summed E-state index contributed by atoms with van der Waals surface area (Å²) in [5, 5.41) is 3.51. The zero-order valence-corrected chi connectivity index (χ0v) is 10.7. The first kappa shape index (κ1) is 12.7. The fourth-order valence-corrected chi connectivity index (χ4v) is 1.77. The summed E-state index contributed by atoms with van der Waals surface area (Å²) >= 11 is 11.7. The summed E-state index contributed by atoms with van der Waals surface area (Å²) in [4.78, 5) is 15.8. The molecule has 3 N–H and O–H groups in total. The van der Waals surface area contributed by atoms with Crippen molar-refractivity contribution in [2.75, 3.05) is 11.1 Å². The SMILES string of the molecule is Nc1ccc(C(=O)Nc2ccc(Cl)cc2Cl)nc1. The van der Waals surface area contributed by atoms with Gasteiger partial charge in [0.25, 0.3) is 5.91 Å². The summed E-state index contributed by atoms with van der Waals surface area (Å²) in [6.07, 6.45) is 1.42. The number of rotatable bonds is 2. The molecule has 2 aromatic rings. The predicted molar refractivity (Wildman–Crippen MR) is 73.1 cm³/mol. The van der Waals surface area contributed by atoms with E-state index in [0.29, 0.717) is 21.4 Å². The molecule has 0 spiro atoms. The maximum atomic E-state index is 11.9. The van der Waals surface area contributed by atoms with Crippen LogP contribution in [0.4, 0.5) is 11.4 Å². The summed E-state index contributed by atoms with van der Waals surface area (Å²) in [5.41, 5.74) is 6.72. The van der Waals surface area contributed by atoms with E-state index in [2.05, 4.69) is 10.3 Å². The Morgan fingerprint density at radius 2 is 2.00 bits per heavy atom. The van der Waals surface area contributed by atoms with Crippen LogP contribution in [0.3, 0.4) is 0 Å². The zero-order chi connectivity index (χ0) is 13.1. The molecule has 0 aliphatic carbocycles. The molecule has 0 unspecified atom stereocenters. The van der Waals surface area contributed by atoms with Crippen molar-refractivity contribution in [3.05, 3.63) is 52.3 Å². The van der Waals surface area contributed by atoms with Crippen LogP contribution in [0.25, 0.3) is 0 Å². The van der Waals surface area contributed by atoms with Gasteiger partial charge in [-0.15, -0.1) is 0 Å². The molecule has 6 heteroatoms. The second kappa shape index (κ2) is 5.25. The number of nitrogens with one attached hydrogen (secondary N) is 1. The van der Waals surface area contributed by atoms with Gasteiger partial charge in [0.2, 0.25) is 0 Å². The summed E-state index contributed by atoms with van der Waals surface area (Å²) in [6.45, 7) is 0. The van der Waals surface area contributed by atoms with Crippen LogP contribution in [-0.2, 0) is 0 Å². The lowest BCUT2D eigenvalue weighted by molar-refractivity contribution is 0.102. The van der Waals surface area contributed by atoms with E-state index in [9.17, 15) is 4.79 Å². The first-order chi connectivity index (χ1) is 8.56. The van der Waals surface area contributed by atoms with Gasteiger partial charge in [0.1, 0.15) is 5.69 Å². The topological polar surface area (TPSA) is 68.0 Å². The van der Waals surface area contributed by atoms with Gasteiger partial charge >= 0.3 is 0 Å². The zero-order valence-electron chi connectivity index (χ0n) is 9.15. The monoisotopic (exact) mass is 281 g/mol. The molecule has 0 saturated carbocycles. The van der Waals surface area contributed by atoms with E-state index in [-0.39, 0.29) is 11.6 Å². The van der Waals surface area contributed by atoms with Crippen molar-refractivity contribution in [3.8, 4) is 0 Å². The molecule has 1 aromatic carbocycles. The first-order valence-electron chi connectivity index (χ1n) is 5.04. The molecule has 0 atom stereocenters. The van der Waals surface area contributed by atoms with E-state index in [0.717, 1.165) is 0 Å². The van der Waals surface area contributed by atoms with Gasteiger partial charge < -0.3 is 11.1 Å². The molecule has 0 radical (unpaired) electrons. The number of hydrogen-bond acceptors (Lipinski definition) is 3. The summed E-state index contributed by atoms with van der Waals surface area (Å²) < 4.78 is 0. The van der Waals surface area contributed by atoms with E-state index < -0.39 is 0 Å². The largest absolute Gasteiger partial charge is 0.397 e. The van der Waals surface area contributed by atoms with Crippen LogP contribution in [0.15, 0.2) is 36.5 Å². The van der Waals surface area contributed by atoms with Crippen molar-refractivity contribution in [3.63, 3.8) is 0 Å². The molecule has 1 aromatic heterocycles. The van der Waals surface area contributed by atoms with Crippen LogP contribution < -0.4 is 11.1 Å². The smallest absolute Gasteiger partial charge is 0.274 e. The molecular weight excluding hydrogens is 273 g/mol. The number of halogens is 2. The van der Waals surface area contributed by atoms with Gasteiger partial charge in [0.15, 0.2) is 0 Å². The Labute approximate surface area is 114 Å². The Morgan fingerprint density at radius 1 is 1.22 bits per heavy atom. The lowest BCUT2D eigenvalue weighted by atomic mass is 10.3. The maximum absolute atomic E-state index is 11.9. The van der Waals surface area contributed by atoms with Gasteiger partial charge in [-0.1, -0.05) is 23.2 Å². The Hall–Kier alpha value is -1.78. The molecule has 0 aliphatic heterocycles. The number of carbonyl (C=O) groups is 1. The van der Waals surface area contributed by atoms with Gasteiger partial charge in [0, 0.05) is 5.02 Å². The highest BCUT2D eigenvalue weighted by Crippen LogP contribution is 2.25. The Bertz CT molecular complexity index is 584. The molecule has 1 amide bonds. The Kier molecular flexibility index (Phi) is 3.69. The summed E-state index contributed by atoms with van der Waals surface area (Å²) in [6, 6.07) is 7.95. The lowest BCUT2D eigenvalue weighted by Gasteiger charge is -2.07. The number of carbonyl (C=O) groups excluding carboxylic acids is 1. The van der Waals surface area contributed by atoms with Crippen molar-refractivity contribution >= 4 is 40.5 Å². The lowest BCUT2D eigenvalue weighted by Crippen LogP contribution is -2.13. The van der Waals surface area contributed by atoms with Crippen molar-refractivity contribution in [2.24, 2.45) is 0 Å². The third-order valence-electron chi connectivity index (χ3n) is 2.20. The number of amides is 1. The second-order valence-corrected chi connectivity index (χ2v) is 4.40. The third kappa shape index (κ3) is 2.91. The molecule has 2 rings (SSSR count). The third-order valence-corrected chi connectivity index (χ3v) is 2.75. The minimum absolute atomic E-state index is 0.259. The van der Waals surface area contributed by atoms with Gasteiger partial charge in [0.05, 0.1) is 22.6 Å². The number of hydrogen-bond donors (Lipinski definition) is 2. The predicted octanol–water partition coefficient (Wildman–Crippen LogP) is 3.22. The number of nitrogens with zero attached hydrogens (tertiary/aromatic N) is 1. The number of nitrogens with two attached hydrogens (primary N) is 1.